The van der Waals surface area contributed by atoms with E-state index in [1.54, 1.807) is 6.07 Å². The number of nitrogens with zero attached hydrogens (tertiary/aromatic N) is 1. The third-order valence-corrected chi connectivity index (χ3v) is 5.99. The highest BCUT2D eigenvalue weighted by Crippen LogP contribution is 2.48. The fraction of sp³-hybridized carbons (Fsp3) is 0.667. The summed E-state index contributed by atoms with van der Waals surface area (Å²) < 4.78 is 44.7. The topological polar surface area (TPSA) is 65.9 Å². The Bertz CT molecular complexity index is 711. The summed E-state index contributed by atoms with van der Waals surface area (Å²) in [6, 6.07) is 5.64. The Morgan fingerprint density at radius 2 is 2.03 bits per heavy atom. The molecular formula is C21H30F3N3O2. The third-order valence-electron chi connectivity index (χ3n) is 5.99. The van der Waals surface area contributed by atoms with E-state index in [4.69, 9.17) is 9.73 Å². The van der Waals surface area contributed by atoms with E-state index in [0.29, 0.717) is 45.2 Å². The van der Waals surface area contributed by atoms with Gasteiger partial charge in [0.15, 0.2) is 5.96 Å². The van der Waals surface area contributed by atoms with E-state index in [0.717, 1.165) is 30.9 Å². The van der Waals surface area contributed by atoms with Crippen LogP contribution in [-0.4, -0.2) is 50.5 Å². The number of hydrogen-bond acceptors (Lipinski definition) is 3. The molecule has 0 radical (unpaired) electrons. The lowest BCUT2D eigenvalue weighted by Gasteiger charge is -2.25. The molecule has 1 aromatic carbocycles. The molecule has 5 nitrogen and oxygen atoms in total. The molecule has 0 bridgehead atoms. The fourth-order valence-corrected chi connectivity index (χ4v) is 3.87. The first kappa shape index (κ1) is 21.9. The lowest BCUT2D eigenvalue weighted by atomic mass is 9.84. The van der Waals surface area contributed by atoms with Gasteiger partial charge in [0.25, 0.3) is 0 Å². The molecule has 3 rings (SSSR count). The summed E-state index contributed by atoms with van der Waals surface area (Å²) in [7, 11) is 0. The molecule has 1 atom stereocenters. The van der Waals surface area contributed by atoms with Gasteiger partial charge in [-0.25, -0.2) is 0 Å². The fourth-order valence-electron chi connectivity index (χ4n) is 3.87. The summed E-state index contributed by atoms with van der Waals surface area (Å²) >= 11 is 0. The summed E-state index contributed by atoms with van der Waals surface area (Å²) in [4.78, 5) is 4.69. The van der Waals surface area contributed by atoms with Gasteiger partial charge < -0.3 is 20.5 Å². The van der Waals surface area contributed by atoms with Crippen molar-refractivity contribution in [2.24, 2.45) is 10.4 Å². The van der Waals surface area contributed by atoms with Gasteiger partial charge in [-0.1, -0.05) is 18.2 Å². The maximum absolute atomic E-state index is 13.1. The van der Waals surface area contributed by atoms with Crippen molar-refractivity contribution in [1.29, 1.82) is 0 Å². The second-order valence-electron chi connectivity index (χ2n) is 8.18. The first-order chi connectivity index (χ1) is 13.8. The summed E-state index contributed by atoms with van der Waals surface area (Å²) in [5.74, 6) is 0.648. The zero-order valence-electron chi connectivity index (χ0n) is 16.8. The minimum Gasteiger partial charge on any atom is -0.396 e. The molecule has 1 saturated carbocycles. The second-order valence-corrected chi connectivity index (χ2v) is 8.18. The van der Waals surface area contributed by atoms with Crippen molar-refractivity contribution in [2.45, 2.75) is 44.2 Å². The average molecular weight is 413 g/mol. The molecule has 2 aliphatic rings. The van der Waals surface area contributed by atoms with E-state index in [1.165, 1.54) is 12.1 Å². The van der Waals surface area contributed by atoms with Crippen LogP contribution in [-0.2, 0) is 16.3 Å². The van der Waals surface area contributed by atoms with Crippen molar-refractivity contribution in [3.63, 3.8) is 0 Å². The van der Waals surface area contributed by atoms with Crippen LogP contribution in [0.25, 0.3) is 0 Å². The van der Waals surface area contributed by atoms with Gasteiger partial charge in [-0.05, 0) is 44.2 Å². The summed E-state index contributed by atoms with van der Waals surface area (Å²) in [5.41, 5.74) is -0.308. The third kappa shape index (κ3) is 5.42. The minimum atomic E-state index is -4.33. The molecule has 1 heterocycles. The number of benzene rings is 1. The number of halogens is 3. The number of aliphatic hydroxyl groups is 1. The molecule has 0 amide bonds. The van der Waals surface area contributed by atoms with Crippen LogP contribution in [0, 0.1) is 5.41 Å². The molecular weight excluding hydrogens is 383 g/mol. The van der Waals surface area contributed by atoms with Gasteiger partial charge in [-0.2, -0.15) is 13.2 Å². The smallest absolute Gasteiger partial charge is 0.396 e. The summed E-state index contributed by atoms with van der Waals surface area (Å²) in [6.07, 6.45) is -1.12. The Hall–Kier alpha value is -1.80. The lowest BCUT2D eigenvalue weighted by Crippen LogP contribution is -2.42. The van der Waals surface area contributed by atoms with Crippen molar-refractivity contribution in [1.82, 2.24) is 10.6 Å². The Kier molecular flexibility index (Phi) is 6.73. The molecule has 0 spiro atoms. The van der Waals surface area contributed by atoms with Gasteiger partial charge in [0, 0.05) is 37.1 Å². The molecule has 1 aromatic rings. The predicted molar refractivity (Wildman–Crippen MR) is 106 cm³/mol. The Labute approximate surface area is 169 Å². The van der Waals surface area contributed by atoms with Crippen LogP contribution in [0.3, 0.4) is 0 Å². The van der Waals surface area contributed by atoms with Crippen LogP contribution in [0.1, 0.15) is 43.7 Å². The molecule has 2 fully saturated rings. The van der Waals surface area contributed by atoms with Crippen molar-refractivity contribution in [3.05, 3.63) is 35.4 Å². The number of aliphatic hydroxyl groups excluding tert-OH is 1. The van der Waals surface area contributed by atoms with Gasteiger partial charge in [-0.3, -0.25) is 4.99 Å². The zero-order valence-corrected chi connectivity index (χ0v) is 16.8. The molecule has 8 heteroatoms. The van der Waals surface area contributed by atoms with Crippen LogP contribution in [0.2, 0.25) is 0 Å². The molecule has 0 aromatic heterocycles. The predicted octanol–water partition coefficient (Wildman–Crippen LogP) is 3.08. The van der Waals surface area contributed by atoms with E-state index < -0.39 is 11.7 Å². The normalized spacial score (nSPS) is 23.8. The maximum atomic E-state index is 13.1. The number of guanidine groups is 1. The highest BCUT2D eigenvalue weighted by molar-refractivity contribution is 5.80. The van der Waals surface area contributed by atoms with Gasteiger partial charge in [0.05, 0.1) is 18.7 Å². The number of ether oxygens (including phenoxy) is 1. The largest absolute Gasteiger partial charge is 0.416 e. The summed E-state index contributed by atoms with van der Waals surface area (Å²) in [6.45, 7) is 5.10. The van der Waals surface area contributed by atoms with Crippen molar-refractivity contribution < 1.29 is 23.0 Å². The van der Waals surface area contributed by atoms with E-state index in [9.17, 15) is 18.3 Å². The van der Waals surface area contributed by atoms with Crippen LogP contribution in [0.15, 0.2) is 29.3 Å². The number of hydrogen-bond donors (Lipinski definition) is 3. The molecule has 3 N–H and O–H groups in total. The number of rotatable bonds is 8. The Morgan fingerprint density at radius 3 is 2.62 bits per heavy atom. The van der Waals surface area contributed by atoms with Gasteiger partial charge in [-0.15, -0.1) is 0 Å². The summed E-state index contributed by atoms with van der Waals surface area (Å²) in [5, 5.41) is 15.9. The molecule has 1 aliphatic heterocycles. The van der Waals surface area contributed by atoms with Crippen LogP contribution in [0.4, 0.5) is 13.2 Å². The standard InChI is InChI=1S/C21H30F3N3O2/c1-2-25-18(26-13-19(8-10-28)9-11-29-15-19)27-14-20(6-7-20)16-4-3-5-17(12-16)21(22,23)24/h3-5,12,28H,2,6-11,13-15H2,1H3,(H2,25,26,27). The lowest BCUT2D eigenvalue weighted by molar-refractivity contribution is -0.137. The number of alkyl halides is 3. The monoisotopic (exact) mass is 413 g/mol. The Morgan fingerprint density at radius 1 is 1.24 bits per heavy atom. The maximum Gasteiger partial charge on any atom is 0.416 e. The molecule has 1 unspecified atom stereocenters. The van der Waals surface area contributed by atoms with Gasteiger partial charge in [0.1, 0.15) is 0 Å². The van der Waals surface area contributed by atoms with E-state index >= 15 is 0 Å². The Balaban J connectivity index is 1.67. The van der Waals surface area contributed by atoms with E-state index in [1.807, 2.05) is 6.92 Å². The van der Waals surface area contributed by atoms with Crippen molar-refractivity contribution >= 4 is 5.96 Å². The minimum absolute atomic E-state index is 0.0987. The quantitative estimate of drug-likeness (QED) is 0.453. The zero-order chi connectivity index (χ0) is 21.0. The van der Waals surface area contributed by atoms with Crippen molar-refractivity contribution in [3.8, 4) is 0 Å². The average Bonchev–Trinajstić information content (AvgIpc) is 3.35. The van der Waals surface area contributed by atoms with E-state index in [-0.39, 0.29) is 17.4 Å². The van der Waals surface area contributed by atoms with Crippen LogP contribution < -0.4 is 10.6 Å². The van der Waals surface area contributed by atoms with Crippen LogP contribution in [0.5, 0.6) is 0 Å². The number of nitrogens with one attached hydrogen (secondary N) is 2. The molecule has 29 heavy (non-hydrogen) atoms. The molecule has 1 saturated heterocycles. The highest BCUT2D eigenvalue weighted by Gasteiger charge is 2.45. The molecule has 162 valence electrons. The number of aliphatic imine (C=N–C) groups is 1. The van der Waals surface area contributed by atoms with E-state index in [2.05, 4.69) is 10.6 Å². The van der Waals surface area contributed by atoms with Gasteiger partial charge >= 0.3 is 6.18 Å². The highest BCUT2D eigenvalue weighted by atomic mass is 19.4. The second kappa shape index (κ2) is 8.92. The van der Waals surface area contributed by atoms with Crippen LogP contribution >= 0.6 is 0 Å². The molecule has 1 aliphatic carbocycles. The van der Waals surface area contributed by atoms with Gasteiger partial charge in [0.2, 0.25) is 0 Å². The first-order valence-corrected chi connectivity index (χ1v) is 10.2. The SMILES string of the molecule is CCNC(=NCC1(CCO)CCOC1)NCC1(c2cccc(C(F)(F)F)c2)CC1. The van der Waals surface area contributed by atoms with Crippen molar-refractivity contribution in [2.75, 3.05) is 39.5 Å². The first-order valence-electron chi connectivity index (χ1n) is 10.2.